The van der Waals surface area contributed by atoms with Crippen LogP contribution in [0.2, 0.25) is 12.6 Å². The Morgan fingerprint density at radius 2 is 2.00 bits per heavy atom. The van der Waals surface area contributed by atoms with E-state index in [1.54, 1.807) is 0 Å². The van der Waals surface area contributed by atoms with E-state index < -0.39 is 0 Å². The SMILES string of the molecule is C[B]C1CNCC1c1ccccc1. The molecule has 0 aromatic heterocycles. The van der Waals surface area contributed by atoms with E-state index in [-0.39, 0.29) is 0 Å². The van der Waals surface area contributed by atoms with E-state index in [1.165, 1.54) is 5.56 Å². The zero-order valence-corrected chi connectivity index (χ0v) is 8.03. The normalized spacial score (nSPS) is 27.5. The van der Waals surface area contributed by atoms with Gasteiger partial charge in [-0.05, 0) is 23.8 Å². The first-order valence-electron chi connectivity index (χ1n) is 4.97. The van der Waals surface area contributed by atoms with Crippen LogP contribution in [-0.2, 0) is 0 Å². The summed E-state index contributed by atoms with van der Waals surface area (Å²) in [5.41, 5.74) is 1.47. The summed E-state index contributed by atoms with van der Waals surface area (Å²) in [5, 5.41) is 3.44. The Morgan fingerprint density at radius 1 is 1.23 bits per heavy atom. The van der Waals surface area contributed by atoms with Crippen LogP contribution in [0.5, 0.6) is 0 Å². The van der Waals surface area contributed by atoms with Crippen molar-refractivity contribution in [2.24, 2.45) is 0 Å². The summed E-state index contributed by atoms with van der Waals surface area (Å²) in [5.74, 6) is 1.40. The van der Waals surface area contributed by atoms with Crippen molar-refractivity contribution in [1.29, 1.82) is 0 Å². The lowest BCUT2D eigenvalue weighted by atomic mass is 9.61. The zero-order chi connectivity index (χ0) is 9.10. The first kappa shape index (κ1) is 8.83. The highest BCUT2D eigenvalue weighted by Gasteiger charge is 2.26. The number of rotatable bonds is 2. The van der Waals surface area contributed by atoms with Gasteiger partial charge >= 0.3 is 0 Å². The van der Waals surface area contributed by atoms with Crippen LogP contribution in [0.4, 0.5) is 0 Å². The smallest absolute Gasteiger partial charge is 0.112 e. The lowest BCUT2D eigenvalue weighted by molar-refractivity contribution is 0.758. The van der Waals surface area contributed by atoms with Crippen molar-refractivity contribution in [3.05, 3.63) is 35.9 Å². The Morgan fingerprint density at radius 3 is 2.69 bits per heavy atom. The van der Waals surface area contributed by atoms with Crippen LogP contribution < -0.4 is 5.32 Å². The van der Waals surface area contributed by atoms with Crippen molar-refractivity contribution < 1.29 is 0 Å². The van der Waals surface area contributed by atoms with E-state index in [0.717, 1.165) is 13.1 Å². The van der Waals surface area contributed by atoms with Gasteiger partial charge in [-0.2, -0.15) is 0 Å². The molecule has 1 N–H and O–H groups in total. The molecule has 1 aliphatic heterocycles. The van der Waals surface area contributed by atoms with Gasteiger partial charge in [0.05, 0.1) is 0 Å². The molecule has 2 atom stereocenters. The van der Waals surface area contributed by atoms with Gasteiger partial charge in [-0.3, -0.25) is 0 Å². The van der Waals surface area contributed by atoms with Gasteiger partial charge in [0, 0.05) is 6.54 Å². The summed E-state index contributed by atoms with van der Waals surface area (Å²) in [6, 6.07) is 10.8. The third kappa shape index (κ3) is 1.78. The molecule has 67 valence electrons. The fourth-order valence-corrected chi connectivity index (χ4v) is 2.11. The van der Waals surface area contributed by atoms with Crippen molar-refractivity contribution >= 4 is 7.28 Å². The molecule has 0 aliphatic carbocycles. The first-order chi connectivity index (χ1) is 6.42. The molecule has 0 bridgehead atoms. The maximum Gasteiger partial charge on any atom is 0.112 e. The van der Waals surface area contributed by atoms with Crippen LogP contribution in [0.3, 0.4) is 0 Å². The number of benzene rings is 1. The molecule has 2 heteroatoms. The summed E-state index contributed by atoms with van der Waals surface area (Å²) in [4.78, 5) is 0. The van der Waals surface area contributed by atoms with E-state index in [0.29, 0.717) is 11.7 Å². The Labute approximate surface area is 80.8 Å². The average Bonchev–Trinajstić information content (AvgIpc) is 2.67. The number of hydrogen-bond acceptors (Lipinski definition) is 1. The first-order valence-corrected chi connectivity index (χ1v) is 4.97. The van der Waals surface area contributed by atoms with Gasteiger partial charge in [0.25, 0.3) is 0 Å². The molecule has 1 saturated heterocycles. The molecule has 1 aromatic carbocycles. The maximum absolute atomic E-state index is 3.44. The van der Waals surface area contributed by atoms with E-state index in [1.807, 2.05) is 0 Å². The second-order valence-electron chi connectivity index (χ2n) is 3.67. The Kier molecular flexibility index (Phi) is 2.69. The predicted octanol–water partition coefficient (Wildman–Crippen LogP) is 1.91. The molecule has 1 heterocycles. The van der Waals surface area contributed by atoms with Crippen LogP contribution >= 0.6 is 0 Å². The third-order valence-corrected chi connectivity index (χ3v) is 2.92. The fourth-order valence-electron chi connectivity index (χ4n) is 2.11. The number of nitrogens with one attached hydrogen (secondary N) is 1. The minimum atomic E-state index is 0.686. The Balaban J connectivity index is 2.16. The summed E-state index contributed by atoms with van der Waals surface area (Å²) in [6.45, 7) is 4.42. The van der Waals surface area contributed by atoms with Gasteiger partial charge in [0.1, 0.15) is 7.28 Å². The van der Waals surface area contributed by atoms with Gasteiger partial charge in [-0.1, -0.05) is 37.2 Å². The second kappa shape index (κ2) is 3.97. The molecule has 0 amide bonds. The van der Waals surface area contributed by atoms with Gasteiger partial charge < -0.3 is 5.32 Å². The molecule has 1 radical (unpaired) electrons. The minimum Gasteiger partial charge on any atom is -0.317 e. The molecule has 2 rings (SSSR count). The van der Waals surface area contributed by atoms with E-state index in [2.05, 4.69) is 49.8 Å². The van der Waals surface area contributed by atoms with Crippen LogP contribution in [0.15, 0.2) is 30.3 Å². The van der Waals surface area contributed by atoms with Gasteiger partial charge in [-0.15, -0.1) is 0 Å². The average molecular weight is 172 g/mol. The monoisotopic (exact) mass is 172 g/mol. The summed E-state index contributed by atoms with van der Waals surface area (Å²) < 4.78 is 0. The summed E-state index contributed by atoms with van der Waals surface area (Å²) in [7, 11) is 2.32. The minimum absolute atomic E-state index is 0.686. The van der Waals surface area contributed by atoms with Crippen molar-refractivity contribution in [2.75, 3.05) is 13.1 Å². The van der Waals surface area contributed by atoms with Crippen LogP contribution in [-0.4, -0.2) is 20.4 Å². The molecule has 0 saturated carbocycles. The molecular formula is C11H15BN. The summed E-state index contributed by atoms with van der Waals surface area (Å²) >= 11 is 0. The standard InChI is InChI=1S/C11H15BN/c1-12-11-8-13-7-10(11)9-5-3-2-4-6-9/h2-6,10-11,13H,7-8H2,1H3. The van der Waals surface area contributed by atoms with Crippen molar-refractivity contribution in [1.82, 2.24) is 5.32 Å². The highest BCUT2D eigenvalue weighted by molar-refractivity contribution is 6.36. The van der Waals surface area contributed by atoms with E-state index in [9.17, 15) is 0 Å². The zero-order valence-electron chi connectivity index (χ0n) is 8.03. The Hall–Kier alpha value is -0.755. The van der Waals surface area contributed by atoms with E-state index in [4.69, 9.17) is 0 Å². The molecule has 1 aliphatic rings. The van der Waals surface area contributed by atoms with Gasteiger partial charge in [0.15, 0.2) is 0 Å². The topological polar surface area (TPSA) is 12.0 Å². The van der Waals surface area contributed by atoms with Crippen LogP contribution in [0.1, 0.15) is 11.5 Å². The quantitative estimate of drug-likeness (QED) is 0.672. The number of hydrogen-bond donors (Lipinski definition) is 1. The summed E-state index contributed by atoms with van der Waals surface area (Å²) in [6.07, 6.45) is 0. The van der Waals surface area contributed by atoms with Gasteiger partial charge in [0.2, 0.25) is 0 Å². The second-order valence-corrected chi connectivity index (χ2v) is 3.67. The highest BCUT2D eigenvalue weighted by Crippen LogP contribution is 2.31. The maximum atomic E-state index is 3.44. The van der Waals surface area contributed by atoms with Crippen molar-refractivity contribution in [2.45, 2.75) is 18.6 Å². The third-order valence-electron chi connectivity index (χ3n) is 2.92. The molecule has 1 fully saturated rings. The largest absolute Gasteiger partial charge is 0.317 e. The van der Waals surface area contributed by atoms with E-state index >= 15 is 0 Å². The molecule has 0 spiro atoms. The predicted molar refractivity (Wildman–Crippen MR) is 57.4 cm³/mol. The Bertz CT molecular complexity index is 260. The molecule has 1 aromatic rings. The lowest BCUT2D eigenvalue weighted by Gasteiger charge is -2.16. The van der Waals surface area contributed by atoms with Crippen molar-refractivity contribution in [3.8, 4) is 0 Å². The van der Waals surface area contributed by atoms with Crippen LogP contribution in [0, 0.1) is 0 Å². The molecular weight excluding hydrogens is 157 g/mol. The molecule has 13 heavy (non-hydrogen) atoms. The van der Waals surface area contributed by atoms with Crippen molar-refractivity contribution in [3.63, 3.8) is 0 Å². The highest BCUT2D eigenvalue weighted by atomic mass is 14.9. The fraction of sp³-hybridized carbons (Fsp3) is 0.455. The lowest BCUT2D eigenvalue weighted by Crippen LogP contribution is -2.09. The molecule has 1 nitrogen and oxygen atoms in total. The van der Waals surface area contributed by atoms with Crippen LogP contribution in [0.25, 0.3) is 0 Å². The molecule has 2 unspecified atom stereocenters. The van der Waals surface area contributed by atoms with Gasteiger partial charge in [-0.25, -0.2) is 0 Å².